The Balaban J connectivity index is 0.00000544. The molecule has 0 spiro atoms. The lowest BCUT2D eigenvalue weighted by molar-refractivity contribution is 0.110. The summed E-state index contributed by atoms with van der Waals surface area (Å²) >= 11 is 0. The summed E-state index contributed by atoms with van der Waals surface area (Å²) in [5, 5.41) is 6.84. The maximum absolute atomic E-state index is 5.95. The number of ether oxygens (including phenoxy) is 3. The van der Waals surface area contributed by atoms with Crippen molar-refractivity contribution < 1.29 is 14.2 Å². The molecule has 0 fully saturated rings. The molecule has 2 aromatic carbocycles. The van der Waals surface area contributed by atoms with E-state index in [1.807, 2.05) is 19.1 Å². The molecule has 1 atom stereocenters. The second-order valence-corrected chi connectivity index (χ2v) is 7.72. The van der Waals surface area contributed by atoms with Crippen molar-refractivity contribution in [2.24, 2.45) is 4.99 Å². The lowest BCUT2D eigenvalue weighted by Crippen LogP contribution is -2.41. The number of rotatable bonds is 12. The van der Waals surface area contributed by atoms with Gasteiger partial charge in [-0.1, -0.05) is 24.3 Å². The number of likely N-dealkylation sites (N-methyl/N-ethyl adjacent to an activating group) is 1. The average Bonchev–Trinajstić information content (AvgIpc) is 2.80. The van der Waals surface area contributed by atoms with Crippen LogP contribution in [0.3, 0.4) is 0 Å². The van der Waals surface area contributed by atoms with Gasteiger partial charge in [-0.15, -0.1) is 24.0 Å². The van der Waals surface area contributed by atoms with Gasteiger partial charge in [-0.3, -0.25) is 4.99 Å². The van der Waals surface area contributed by atoms with E-state index in [1.54, 1.807) is 14.2 Å². The van der Waals surface area contributed by atoms with Crippen molar-refractivity contribution in [2.45, 2.75) is 26.4 Å². The number of guanidine groups is 1. The van der Waals surface area contributed by atoms with Crippen molar-refractivity contribution in [3.8, 4) is 11.5 Å². The summed E-state index contributed by atoms with van der Waals surface area (Å²) in [6, 6.07) is 14.6. The Morgan fingerprint density at radius 3 is 2.39 bits per heavy atom. The third kappa shape index (κ3) is 9.77. The smallest absolute Gasteiger partial charge is 0.191 e. The second kappa shape index (κ2) is 15.7. The fourth-order valence-corrected chi connectivity index (χ4v) is 3.31. The normalized spacial score (nSPS) is 12.2. The molecule has 2 aromatic rings. The van der Waals surface area contributed by atoms with E-state index in [0.29, 0.717) is 32.9 Å². The van der Waals surface area contributed by atoms with E-state index in [4.69, 9.17) is 14.2 Å². The van der Waals surface area contributed by atoms with Crippen LogP contribution in [0.5, 0.6) is 11.5 Å². The first kappa shape index (κ1) is 29.0. The summed E-state index contributed by atoms with van der Waals surface area (Å²) in [6.07, 6.45) is 0. The van der Waals surface area contributed by atoms with Crippen molar-refractivity contribution in [2.75, 3.05) is 54.6 Å². The van der Waals surface area contributed by atoms with Crippen molar-refractivity contribution in [1.82, 2.24) is 15.5 Å². The van der Waals surface area contributed by atoms with E-state index in [-0.39, 0.29) is 30.0 Å². The van der Waals surface area contributed by atoms with Gasteiger partial charge in [-0.05, 0) is 57.3 Å². The monoisotopic (exact) mass is 570 g/mol. The molecule has 0 aromatic heterocycles. The van der Waals surface area contributed by atoms with Crippen LogP contribution >= 0.6 is 24.0 Å². The number of methoxy groups -OCH3 is 1. The molecule has 0 radical (unpaired) electrons. The first-order valence-electron chi connectivity index (χ1n) is 11.0. The number of halogens is 1. The Hall–Kier alpha value is -2.04. The number of nitrogens with zero attached hydrogens (tertiary/aromatic N) is 2. The topological polar surface area (TPSA) is 67.3 Å². The Kier molecular flexibility index (Phi) is 13.8. The van der Waals surface area contributed by atoms with Gasteiger partial charge in [0.25, 0.3) is 0 Å². The molecular formula is C25H39IN4O3. The van der Waals surface area contributed by atoms with Crippen LogP contribution in [0.1, 0.15) is 29.7 Å². The second-order valence-electron chi connectivity index (χ2n) is 7.72. The zero-order valence-corrected chi connectivity index (χ0v) is 23.0. The average molecular weight is 571 g/mol. The number of nitrogens with one attached hydrogen (secondary N) is 2. The van der Waals surface area contributed by atoms with Gasteiger partial charge in [-0.25, -0.2) is 0 Å². The molecule has 7 nitrogen and oxygen atoms in total. The van der Waals surface area contributed by atoms with Crippen LogP contribution in [0.2, 0.25) is 0 Å². The highest BCUT2D eigenvalue weighted by Gasteiger charge is 2.15. The lowest BCUT2D eigenvalue weighted by Gasteiger charge is -2.26. The molecule has 0 aliphatic rings. The minimum Gasteiger partial charge on any atom is -0.497 e. The van der Waals surface area contributed by atoms with Crippen LogP contribution < -0.4 is 20.1 Å². The van der Waals surface area contributed by atoms with Gasteiger partial charge in [0.05, 0.1) is 19.8 Å². The zero-order chi connectivity index (χ0) is 23.3. The van der Waals surface area contributed by atoms with Gasteiger partial charge < -0.3 is 29.7 Å². The van der Waals surface area contributed by atoms with Gasteiger partial charge in [0, 0.05) is 32.3 Å². The van der Waals surface area contributed by atoms with Gasteiger partial charge in [0.2, 0.25) is 0 Å². The van der Waals surface area contributed by atoms with E-state index in [0.717, 1.165) is 28.6 Å². The highest BCUT2D eigenvalue weighted by Crippen LogP contribution is 2.22. The molecule has 0 bridgehead atoms. The highest BCUT2D eigenvalue weighted by atomic mass is 127. The molecule has 0 heterocycles. The van der Waals surface area contributed by atoms with Gasteiger partial charge in [0.15, 0.2) is 5.96 Å². The SMILES string of the molecule is CCOCCOc1cc(C)ccc1CNC(=NC)NCC(c1ccc(OC)cc1)N(C)C.I. The summed E-state index contributed by atoms with van der Waals surface area (Å²) in [5.41, 5.74) is 3.45. The molecule has 1 unspecified atom stereocenters. The molecule has 2 rings (SSSR count). The van der Waals surface area contributed by atoms with Crippen LogP contribution in [-0.4, -0.2) is 65.5 Å². The first-order chi connectivity index (χ1) is 15.5. The Labute approximate surface area is 215 Å². The fraction of sp³-hybridized carbons (Fsp3) is 0.480. The number of benzene rings is 2. The number of aliphatic imine (C=N–C) groups is 1. The Bertz CT molecular complexity index is 844. The van der Waals surface area contributed by atoms with E-state index in [2.05, 4.69) is 71.9 Å². The fourth-order valence-electron chi connectivity index (χ4n) is 3.31. The van der Waals surface area contributed by atoms with Gasteiger partial charge in [-0.2, -0.15) is 0 Å². The molecule has 0 amide bonds. The maximum Gasteiger partial charge on any atom is 0.191 e. The van der Waals surface area contributed by atoms with E-state index >= 15 is 0 Å². The Morgan fingerprint density at radius 2 is 1.79 bits per heavy atom. The standard InChI is InChI=1S/C25H38N4O3.HI/c1-7-31-14-15-32-24-16-19(2)8-9-21(24)17-27-25(26-3)28-18-23(29(4)5)20-10-12-22(30-6)13-11-20;/h8-13,16,23H,7,14-15,17-18H2,1-6H3,(H2,26,27,28);1H. The number of hydrogen-bond acceptors (Lipinski definition) is 5. The summed E-state index contributed by atoms with van der Waals surface area (Å²) in [5.74, 6) is 2.47. The predicted molar refractivity (Wildman–Crippen MR) is 146 cm³/mol. The summed E-state index contributed by atoms with van der Waals surface area (Å²) < 4.78 is 16.6. The van der Waals surface area contributed by atoms with Crippen molar-refractivity contribution in [3.63, 3.8) is 0 Å². The first-order valence-corrected chi connectivity index (χ1v) is 11.0. The molecule has 0 aliphatic heterocycles. The zero-order valence-electron chi connectivity index (χ0n) is 20.7. The maximum atomic E-state index is 5.95. The summed E-state index contributed by atoms with van der Waals surface area (Å²) in [7, 11) is 7.61. The third-order valence-corrected chi connectivity index (χ3v) is 5.17. The molecule has 0 saturated heterocycles. The molecule has 0 aliphatic carbocycles. The molecular weight excluding hydrogens is 531 g/mol. The van der Waals surface area contributed by atoms with Crippen molar-refractivity contribution in [3.05, 3.63) is 59.2 Å². The minimum absolute atomic E-state index is 0. The molecule has 33 heavy (non-hydrogen) atoms. The van der Waals surface area contributed by atoms with Crippen LogP contribution in [-0.2, 0) is 11.3 Å². The van der Waals surface area contributed by atoms with E-state index in [9.17, 15) is 0 Å². The molecule has 2 N–H and O–H groups in total. The van der Waals surface area contributed by atoms with Crippen molar-refractivity contribution >= 4 is 29.9 Å². The molecule has 184 valence electrons. The minimum atomic E-state index is 0. The van der Waals surface area contributed by atoms with Gasteiger partial charge >= 0.3 is 0 Å². The predicted octanol–water partition coefficient (Wildman–Crippen LogP) is 4.00. The molecule has 0 saturated carbocycles. The summed E-state index contributed by atoms with van der Waals surface area (Å²) in [4.78, 5) is 6.57. The summed E-state index contributed by atoms with van der Waals surface area (Å²) in [6.45, 7) is 7.17. The van der Waals surface area contributed by atoms with Crippen LogP contribution in [0, 0.1) is 6.92 Å². The van der Waals surface area contributed by atoms with Gasteiger partial charge in [0.1, 0.15) is 18.1 Å². The largest absolute Gasteiger partial charge is 0.497 e. The Morgan fingerprint density at radius 1 is 1.06 bits per heavy atom. The van der Waals surface area contributed by atoms with Crippen LogP contribution in [0.15, 0.2) is 47.5 Å². The van der Waals surface area contributed by atoms with Crippen LogP contribution in [0.4, 0.5) is 0 Å². The van der Waals surface area contributed by atoms with E-state index in [1.165, 1.54) is 5.56 Å². The quantitative estimate of drug-likeness (QED) is 0.174. The van der Waals surface area contributed by atoms with Crippen molar-refractivity contribution in [1.29, 1.82) is 0 Å². The lowest BCUT2D eigenvalue weighted by atomic mass is 10.1. The van der Waals surface area contributed by atoms with E-state index < -0.39 is 0 Å². The third-order valence-electron chi connectivity index (χ3n) is 5.17. The number of hydrogen-bond donors (Lipinski definition) is 2. The molecule has 8 heteroatoms. The van der Waals surface area contributed by atoms with Crippen LogP contribution in [0.25, 0.3) is 0 Å². The highest BCUT2D eigenvalue weighted by molar-refractivity contribution is 14.0. The number of aryl methyl sites for hydroxylation is 1.